The summed E-state index contributed by atoms with van der Waals surface area (Å²) in [5.74, 6) is 2.94. The second-order valence-corrected chi connectivity index (χ2v) is 6.85. The van der Waals surface area contributed by atoms with Crippen LogP contribution in [0.5, 0.6) is 0 Å². The Hall–Kier alpha value is -0.560. The van der Waals surface area contributed by atoms with Gasteiger partial charge >= 0.3 is 0 Å². The third-order valence-electron chi connectivity index (χ3n) is 6.09. The zero-order valence-electron chi connectivity index (χ0n) is 11.1. The Morgan fingerprint density at radius 2 is 1.94 bits per heavy atom. The van der Waals surface area contributed by atoms with Gasteiger partial charge in [-0.2, -0.15) is 0 Å². The van der Waals surface area contributed by atoms with E-state index in [1.807, 2.05) is 5.57 Å². The summed E-state index contributed by atoms with van der Waals surface area (Å²) in [7, 11) is 0. The molecule has 4 aliphatic rings. The minimum absolute atomic E-state index is 0.0538. The van der Waals surface area contributed by atoms with Crippen LogP contribution in [-0.2, 0) is 0 Å². The standard InChI is InChI=1S/C17H24O/c18-17-10-9-15-14-6-5-11-3-1-2-4-12(11)13(14)7-8-16(15)17/h7-8,11,14-18H,1-6,9-10H2. The predicted molar refractivity (Wildman–Crippen MR) is 73.1 cm³/mol. The molecule has 4 aliphatic carbocycles. The Labute approximate surface area is 110 Å². The van der Waals surface area contributed by atoms with Gasteiger partial charge in [0.1, 0.15) is 0 Å². The number of aliphatic hydroxyl groups is 1. The van der Waals surface area contributed by atoms with E-state index in [-0.39, 0.29) is 6.10 Å². The van der Waals surface area contributed by atoms with E-state index in [1.54, 1.807) is 5.57 Å². The lowest BCUT2D eigenvalue weighted by Crippen LogP contribution is -2.32. The molecule has 0 radical (unpaired) electrons. The maximum Gasteiger partial charge on any atom is 0.0605 e. The monoisotopic (exact) mass is 244 g/mol. The average molecular weight is 244 g/mol. The molecule has 18 heavy (non-hydrogen) atoms. The Morgan fingerprint density at radius 1 is 1.00 bits per heavy atom. The van der Waals surface area contributed by atoms with Crippen molar-refractivity contribution in [3.8, 4) is 0 Å². The van der Waals surface area contributed by atoms with Gasteiger partial charge in [0, 0.05) is 5.92 Å². The van der Waals surface area contributed by atoms with E-state index in [1.165, 1.54) is 44.9 Å². The molecule has 1 N–H and O–H groups in total. The fraction of sp³-hybridized carbons (Fsp3) is 0.765. The van der Waals surface area contributed by atoms with Crippen LogP contribution >= 0.6 is 0 Å². The fourth-order valence-electron chi connectivity index (χ4n) is 5.22. The quantitative estimate of drug-likeness (QED) is 0.686. The molecule has 5 atom stereocenters. The van der Waals surface area contributed by atoms with E-state index in [0.29, 0.717) is 5.92 Å². The minimum Gasteiger partial charge on any atom is -0.393 e. The molecule has 0 aromatic carbocycles. The highest BCUT2D eigenvalue weighted by Gasteiger charge is 2.44. The summed E-state index contributed by atoms with van der Waals surface area (Å²) in [6, 6.07) is 0. The Balaban J connectivity index is 1.73. The highest BCUT2D eigenvalue weighted by Crippen LogP contribution is 2.52. The van der Waals surface area contributed by atoms with E-state index in [0.717, 1.165) is 24.2 Å². The van der Waals surface area contributed by atoms with Gasteiger partial charge in [-0.25, -0.2) is 0 Å². The van der Waals surface area contributed by atoms with Gasteiger partial charge in [0.15, 0.2) is 0 Å². The molecule has 0 heterocycles. The number of fused-ring (bicyclic) bond motifs is 4. The summed E-state index contributed by atoms with van der Waals surface area (Å²) in [6.07, 6.45) is 15.5. The van der Waals surface area contributed by atoms with Crippen molar-refractivity contribution in [3.05, 3.63) is 23.3 Å². The molecule has 0 saturated heterocycles. The molecule has 0 amide bonds. The molecule has 98 valence electrons. The molecule has 0 spiro atoms. The van der Waals surface area contributed by atoms with Crippen molar-refractivity contribution in [2.24, 2.45) is 23.7 Å². The molecule has 4 rings (SSSR count). The summed E-state index contributed by atoms with van der Waals surface area (Å²) in [4.78, 5) is 0. The first-order chi connectivity index (χ1) is 8.84. The first-order valence-electron chi connectivity index (χ1n) is 7.94. The zero-order chi connectivity index (χ0) is 12.1. The van der Waals surface area contributed by atoms with Crippen molar-refractivity contribution in [2.45, 2.75) is 57.5 Å². The van der Waals surface area contributed by atoms with Crippen molar-refractivity contribution >= 4 is 0 Å². The van der Waals surface area contributed by atoms with Crippen molar-refractivity contribution < 1.29 is 5.11 Å². The lowest BCUT2D eigenvalue weighted by atomic mass is 9.63. The summed E-state index contributed by atoms with van der Waals surface area (Å²) in [6.45, 7) is 0. The second-order valence-electron chi connectivity index (χ2n) is 6.85. The summed E-state index contributed by atoms with van der Waals surface area (Å²) < 4.78 is 0. The third kappa shape index (κ3) is 1.56. The second kappa shape index (κ2) is 4.23. The predicted octanol–water partition coefficient (Wildman–Crippen LogP) is 3.84. The summed E-state index contributed by atoms with van der Waals surface area (Å²) in [5.41, 5.74) is 3.52. The van der Waals surface area contributed by atoms with Crippen LogP contribution in [0.1, 0.15) is 51.4 Å². The number of rotatable bonds is 0. The van der Waals surface area contributed by atoms with Crippen LogP contribution in [0.25, 0.3) is 0 Å². The van der Waals surface area contributed by atoms with E-state index in [4.69, 9.17) is 0 Å². The lowest BCUT2D eigenvalue weighted by molar-refractivity contribution is 0.126. The molecule has 1 nitrogen and oxygen atoms in total. The van der Waals surface area contributed by atoms with E-state index in [2.05, 4.69) is 12.2 Å². The summed E-state index contributed by atoms with van der Waals surface area (Å²) >= 11 is 0. The van der Waals surface area contributed by atoms with Gasteiger partial charge in [0.05, 0.1) is 6.10 Å². The van der Waals surface area contributed by atoms with E-state index >= 15 is 0 Å². The molecular formula is C17H24O. The number of hydrogen-bond donors (Lipinski definition) is 1. The van der Waals surface area contributed by atoms with Crippen molar-refractivity contribution in [2.75, 3.05) is 0 Å². The minimum atomic E-state index is -0.0538. The fourth-order valence-corrected chi connectivity index (χ4v) is 5.22. The first kappa shape index (κ1) is 11.3. The number of aliphatic hydroxyl groups excluding tert-OH is 1. The van der Waals surface area contributed by atoms with Crippen LogP contribution in [0.2, 0.25) is 0 Å². The Bertz CT molecular complexity index is 406. The summed E-state index contributed by atoms with van der Waals surface area (Å²) in [5, 5.41) is 10.1. The Morgan fingerprint density at radius 3 is 2.89 bits per heavy atom. The van der Waals surface area contributed by atoms with Crippen LogP contribution in [-0.4, -0.2) is 11.2 Å². The van der Waals surface area contributed by atoms with Gasteiger partial charge in [-0.1, -0.05) is 24.1 Å². The van der Waals surface area contributed by atoms with Crippen LogP contribution < -0.4 is 0 Å². The van der Waals surface area contributed by atoms with Crippen LogP contribution in [0.15, 0.2) is 23.3 Å². The van der Waals surface area contributed by atoms with Crippen molar-refractivity contribution in [1.29, 1.82) is 0 Å². The average Bonchev–Trinajstić information content (AvgIpc) is 2.80. The van der Waals surface area contributed by atoms with Gasteiger partial charge < -0.3 is 5.11 Å². The highest BCUT2D eigenvalue weighted by molar-refractivity contribution is 5.37. The van der Waals surface area contributed by atoms with E-state index < -0.39 is 0 Å². The Kier molecular flexibility index (Phi) is 2.65. The molecular weight excluding hydrogens is 220 g/mol. The molecule has 0 aromatic rings. The van der Waals surface area contributed by atoms with Gasteiger partial charge in [-0.15, -0.1) is 0 Å². The largest absolute Gasteiger partial charge is 0.393 e. The molecule has 5 unspecified atom stereocenters. The van der Waals surface area contributed by atoms with Crippen LogP contribution in [0.4, 0.5) is 0 Å². The topological polar surface area (TPSA) is 20.2 Å². The lowest BCUT2D eigenvalue weighted by Gasteiger charge is -2.42. The molecule has 0 bridgehead atoms. The molecule has 0 aliphatic heterocycles. The maximum atomic E-state index is 10.1. The number of allylic oxidation sites excluding steroid dienone is 3. The zero-order valence-corrected chi connectivity index (χ0v) is 11.1. The van der Waals surface area contributed by atoms with Crippen molar-refractivity contribution in [3.63, 3.8) is 0 Å². The highest BCUT2D eigenvalue weighted by atomic mass is 16.3. The third-order valence-corrected chi connectivity index (χ3v) is 6.09. The van der Waals surface area contributed by atoms with Crippen molar-refractivity contribution in [1.82, 2.24) is 0 Å². The van der Waals surface area contributed by atoms with Gasteiger partial charge in [-0.3, -0.25) is 0 Å². The maximum absolute atomic E-state index is 10.1. The molecule has 2 saturated carbocycles. The molecule has 0 aromatic heterocycles. The normalized spacial score (nSPS) is 46.6. The van der Waals surface area contributed by atoms with Gasteiger partial charge in [0.25, 0.3) is 0 Å². The number of hydrogen-bond acceptors (Lipinski definition) is 1. The molecule has 2 fully saturated rings. The SMILES string of the molecule is OC1CCC2C3CCC4CCCCC4=C3C=CC12. The first-order valence-corrected chi connectivity index (χ1v) is 7.94. The molecule has 1 heteroatoms. The van der Waals surface area contributed by atoms with Gasteiger partial charge in [0.2, 0.25) is 0 Å². The smallest absolute Gasteiger partial charge is 0.0605 e. The van der Waals surface area contributed by atoms with Crippen LogP contribution in [0, 0.1) is 23.7 Å². The van der Waals surface area contributed by atoms with Crippen LogP contribution in [0.3, 0.4) is 0 Å². The van der Waals surface area contributed by atoms with Gasteiger partial charge in [-0.05, 0) is 68.3 Å². The van der Waals surface area contributed by atoms with E-state index in [9.17, 15) is 5.11 Å².